The summed E-state index contributed by atoms with van der Waals surface area (Å²) in [5.74, 6) is 0. The second-order valence-electron chi connectivity index (χ2n) is 4.90. The van der Waals surface area contributed by atoms with E-state index in [1.165, 1.54) is 11.1 Å². The second-order valence-corrected chi connectivity index (χ2v) is 4.90. The van der Waals surface area contributed by atoms with Crippen LogP contribution in [-0.2, 0) is 0 Å². The third kappa shape index (κ3) is 4.66. The predicted molar refractivity (Wildman–Crippen MR) is 80.1 cm³/mol. The van der Waals surface area contributed by atoms with Crippen molar-refractivity contribution in [2.45, 2.75) is 33.7 Å². The lowest BCUT2D eigenvalue weighted by Gasteiger charge is -2.20. The standard InChI is InChI=1S/C16H25N3/c1-5-19(6-2)10-9-18-16(12-17)15-8-7-13(3)11-14(15)4/h7-8,11,16,18H,5-6,9-10H2,1-4H3. The van der Waals surface area contributed by atoms with E-state index in [4.69, 9.17) is 0 Å². The third-order valence-electron chi connectivity index (χ3n) is 3.54. The SMILES string of the molecule is CCN(CC)CCNC(C#N)c1ccc(C)cc1C. The molecule has 0 aromatic heterocycles. The molecule has 3 heteroatoms. The topological polar surface area (TPSA) is 39.1 Å². The van der Waals surface area contributed by atoms with Gasteiger partial charge >= 0.3 is 0 Å². The van der Waals surface area contributed by atoms with Gasteiger partial charge in [0.05, 0.1) is 6.07 Å². The van der Waals surface area contributed by atoms with Crippen LogP contribution < -0.4 is 5.32 Å². The van der Waals surface area contributed by atoms with E-state index in [0.717, 1.165) is 31.7 Å². The minimum absolute atomic E-state index is 0.212. The van der Waals surface area contributed by atoms with Gasteiger partial charge in [0.25, 0.3) is 0 Å². The van der Waals surface area contributed by atoms with Crippen molar-refractivity contribution in [3.05, 3.63) is 34.9 Å². The largest absolute Gasteiger partial charge is 0.303 e. The van der Waals surface area contributed by atoms with Crippen molar-refractivity contribution in [2.24, 2.45) is 0 Å². The Morgan fingerprint density at radius 3 is 2.47 bits per heavy atom. The van der Waals surface area contributed by atoms with Gasteiger partial charge < -0.3 is 4.90 Å². The first-order chi connectivity index (χ1) is 9.12. The first kappa shape index (κ1) is 15.7. The number of hydrogen-bond donors (Lipinski definition) is 1. The van der Waals surface area contributed by atoms with Crippen LogP contribution in [0.4, 0.5) is 0 Å². The molecule has 0 bridgehead atoms. The predicted octanol–water partition coefficient (Wildman–Crippen LogP) is 2.80. The molecule has 0 spiro atoms. The normalized spacial score (nSPS) is 12.4. The highest BCUT2D eigenvalue weighted by atomic mass is 15.1. The van der Waals surface area contributed by atoms with Crippen molar-refractivity contribution in [1.82, 2.24) is 10.2 Å². The van der Waals surface area contributed by atoms with E-state index in [-0.39, 0.29) is 6.04 Å². The van der Waals surface area contributed by atoms with Gasteiger partial charge in [0.1, 0.15) is 6.04 Å². The Morgan fingerprint density at radius 2 is 1.95 bits per heavy atom. The highest BCUT2D eigenvalue weighted by molar-refractivity contribution is 5.35. The summed E-state index contributed by atoms with van der Waals surface area (Å²) in [5, 5.41) is 12.7. The molecule has 1 aromatic carbocycles. The van der Waals surface area contributed by atoms with E-state index in [2.05, 4.69) is 62.2 Å². The lowest BCUT2D eigenvalue weighted by Crippen LogP contribution is -2.33. The van der Waals surface area contributed by atoms with Crippen molar-refractivity contribution < 1.29 is 0 Å². The molecule has 104 valence electrons. The quantitative estimate of drug-likeness (QED) is 0.818. The van der Waals surface area contributed by atoms with Gasteiger partial charge in [-0.25, -0.2) is 0 Å². The molecule has 0 heterocycles. The first-order valence-electron chi connectivity index (χ1n) is 7.04. The van der Waals surface area contributed by atoms with E-state index < -0.39 is 0 Å². The fourth-order valence-corrected chi connectivity index (χ4v) is 2.28. The van der Waals surface area contributed by atoms with Crippen LogP contribution in [0.1, 0.15) is 36.6 Å². The lowest BCUT2D eigenvalue weighted by atomic mass is 10.00. The summed E-state index contributed by atoms with van der Waals surface area (Å²) in [7, 11) is 0. The molecule has 19 heavy (non-hydrogen) atoms. The molecule has 1 atom stereocenters. The van der Waals surface area contributed by atoms with Crippen LogP contribution in [0.15, 0.2) is 18.2 Å². The molecule has 0 aliphatic carbocycles. The number of benzene rings is 1. The Hall–Kier alpha value is -1.37. The summed E-state index contributed by atoms with van der Waals surface area (Å²) in [5.41, 5.74) is 3.51. The van der Waals surface area contributed by atoms with Gasteiger partial charge in [0, 0.05) is 13.1 Å². The van der Waals surface area contributed by atoms with E-state index in [9.17, 15) is 5.26 Å². The molecular formula is C16H25N3. The Labute approximate surface area is 117 Å². The monoisotopic (exact) mass is 259 g/mol. The maximum Gasteiger partial charge on any atom is 0.121 e. The van der Waals surface area contributed by atoms with Gasteiger partial charge in [-0.3, -0.25) is 5.32 Å². The molecule has 1 aromatic rings. The summed E-state index contributed by atoms with van der Waals surface area (Å²) in [6.07, 6.45) is 0. The zero-order valence-electron chi connectivity index (χ0n) is 12.5. The van der Waals surface area contributed by atoms with Crippen LogP contribution in [0.5, 0.6) is 0 Å². The molecule has 0 aliphatic heterocycles. The maximum atomic E-state index is 9.33. The molecule has 1 rings (SSSR count). The molecule has 0 saturated heterocycles. The van der Waals surface area contributed by atoms with E-state index in [1.54, 1.807) is 0 Å². The minimum Gasteiger partial charge on any atom is -0.303 e. The fourth-order valence-electron chi connectivity index (χ4n) is 2.28. The Balaban J connectivity index is 2.61. The van der Waals surface area contributed by atoms with Crippen molar-refractivity contribution in [1.29, 1.82) is 5.26 Å². The summed E-state index contributed by atoms with van der Waals surface area (Å²) in [4.78, 5) is 2.35. The summed E-state index contributed by atoms with van der Waals surface area (Å²) in [6, 6.07) is 8.40. The van der Waals surface area contributed by atoms with Crippen LogP contribution >= 0.6 is 0 Å². The number of rotatable bonds is 7. The number of hydrogen-bond acceptors (Lipinski definition) is 3. The summed E-state index contributed by atoms with van der Waals surface area (Å²) >= 11 is 0. The first-order valence-corrected chi connectivity index (χ1v) is 7.04. The average molecular weight is 259 g/mol. The van der Waals surface area contributed by atoms with Gasteiger partial charge in [-0.1, -0.05) is 37.6 Å². The van der Waals surface area contributed by atoms with E-state index in [0.29, 0.717) is 0 Å². The summed E-state index contributed by atoms with van der Waals surface area (Å²) in [6.45, 7) is 12.4. The lowest BCUT2D eigenvalue weighted by molar-refractivity contribution is 0.300. The van der Waals surface area contributed by atoms with Crippen molar-refractivity contribution in [3.63, 3.8) is 0 Å². The number of likely N-dealkylation sites (N-methyl/N-ethyl adjacent to an activating group) is 1. The fraction of sp³-hybridized carbons (Fsp3) is 0.562. The van der Waals surface area contributed by atoms with Gasteiger partial charge in [-0.05, 0) is 38.1 Å². The highest BCUT2D eigenvalue weighted by Crippen LogP contribution is 2.18. The van der Waals surface area contributed by atoms with Crippen molar-refractivity contribution >= 4 is 0 Å². The Kier molecular flexibility index (Phi) is 6.55. The average Bonchev–Trinajstić information content (AvgIpc) is 2.40. The molecule has 0 fully saturated rings. The smallest absolute Gasteiger partial charge is 0.121 e. The number of aryl methyl sites for hydroxylation is 2. The molecule has 1 unspecified atom stereocenters. The van der Waals surface area contributed by atoms with E-state index in [1.807, 2.05) is 0 Å². The van der Waals surface area contributed by atoms with Crippen LogP contribution in [0.2, 0.25) is 0 Å². The minimum atomic E-state index is -0.212. The van der Waals surface area contributed by atoms with Gasteiger partial charge in [-0.2, -0.15) is 5.26 Å². The molecule has 0 aliphatic rings. The van der Waals surface area contributed by atoms with Crippen LogP contribution in [0, 0.1) is 25.2 Å². The van der Waals surface area contributed by atoms with Crippen molar-refractivity contribution in [2.75, 3.05) is 26.2 Å². The van der Waals surface area contributed by atoms with Gasteiger partial charge in [0.15, 0.2) is 0 Å². The summed E-state index contributed by atoms with van der Waals surface area (Å²) < 4.78 is 0. The van der Waals surface area contributed by atoms with Crippen LogP contribution in [0.3, 0.4) is 0 Å². The van der Waals surface area contributed by atoms with Crippen LogP contribution in [0.25, 0.3) is 0 Å². The number of nitrogens with one attached hydrogen (secondary N) is 1. The zero-order valence-corrected chi connectivity index (χ0v) is 12.5. The van der Waals surface area contributed by atoms with Gasteiger partial charge in [0.2, 0.25) is 0 Å². The zero-order chi connectivity index (χ0) is 14.3. The Bertz CT molecular complexity index is 430. The van der Waals surface area contributed by atoms with Gasteiger partial charge in [-0.15, -0.1) is 0 Å². The molecule has 1 N–H and O–H groups in total. The Morgan fingerprint density at radius 1 is 1.26 bits per heavy atom. The molecule has 0 saturated carbocycles. The van der Waals surface area contributed by atoms with Crippen LogP contribution in [-0.4, -0.2) is 31.1 Å². The molecule has 0 amide bonds. The second kappa shape index (κ2) is 7.93. The highest BCUT2D eigenvalue weighted by Gasteiger charge is 2.12. The molecule has 3 nitrogen and oxygen atoms in total. The molecular weight excluding hydrogens is 234 g/mol. The number of nitriles is 1. The molecule has 0 radical (unpaired) electrons. The van der Waals surface area contributed by atoms with Crippen molar-refractivity contribution in [3.8, 4) is 6.07 Å². The number of nitrogens with zero attached hydrogens (tertiary/aromatic N) is 2. The van der Waals surface area contributed by atoms with E-state index >= 15 is 0 Å². The third-order valence-corrected chi connectivity index (χ3v) is 3.54. The maximum absolute atomic E-state index is 9.33.